The van der Waals surface area contributed by atoms with Gasteiger partial charge in [-0.15, -0.1) is 10.2 Å². The molecule has 0 saturated heterocycles. The number of halogens is 1. The van der Waals surface area contributed by atoms with Crippen LogP contribution in [0.5, 0.6) is 0 Å². The minimum Gasteiger partial charge on any atom is -0.467 e. The van der Waals surface area contributed by atoms with E-state index in [4.69, 9.17) is 21.0 Å². The number of carbonyl (C=O) groups excluding carboxylic acids is 1. The van der Waals surface area contributed by atoms with E-state index in [1.165, 1.54) is 11.8 Å². The molecule has 1 N–H and O–H groups in total. The highest BCUT2D eigenvalue weighted by molar-refractivity contribution is 7.99. The number of hydrogen-bond donors (Lipinski definition) is 1. The third kappa shape index (κ3) is 4.32. The number of thioether (sulfide) groups is 1. The van der Waals surface area contributed by atoms with Crippen LogP contribution in [0.2, 0.25) is 5.02 Å². The van der Waals surface area contributed by atoms with Gasteiger partial charge in [0.1, 0.15) is 11.3 Å². The van der Waals surface area contributed by atoms with Crippen molar-refractivity contribution in [2.45, 2.75) is 18.2 Å². The molecule has 0 aliphatic carbocycles. The van der Waals surface area contributed by atoms with Crippen LogP contribution in [-0.2, 0) is 17.9 Å². The van der Waals surface area contributed by atoms with Gasteiger partial charge < -0.3 is 14.3 Å². The minimum atomic E-state index is -0.130. The Hall–Kier alpha value is -3.36. The third-order valence-corrected chi connectivity index (χ3v) is 6.03. The van der Waals surface area contributed by atoms with Crippen molar-refractivity contribution in [2.75, 3.05) is 5.75 Å². The van der Waals surface area contributed by atoms with Gasteiger partial charge in [-0.3, -0.25) is 4.79 Å². The SMILES string of the molecule is O=C(CSc1nnc2c3ccccc3n(Cc3cccc(Cl)c3)c2n1)NCc1ccco1. The zero-order valence-corrected chi connectivity index (χ0v) is 18.4. The number of rotatable bonds is 7. The topological polar surface area (TPSA) is 85.8 Å². The molecule has 5 aromatic rings. The fourth-order valence-corrected chi connectivity index (χ4v) is 4.33. The first-order valence-corrected chi connectivity index (χ1v) is 11.3. The Kier molecular flexibility index (Phi) is 5.79. The molecular weight excluding hydrogens is 446 g/mol. The Morgan fingerprint density at radius 2 is 2.00 bits per heavy atom. The van der Waals surface area contributed by atoms with Crippen LogP contribution < -0.4 is 5.32 Å². The van der Waals surface area contributed by atoms with Gasteiger partial charge in [-0.2, -0.15) is 0 Å². The zero-order chi connectivity index (χ0) is 21.9. The van der Waals surface area contributed by atoms with Crippen molar-refractivity contribution in [3.63, 3.8) is 0 Å². The second-order valence-corrected chi connectivity index (χ2v) is 8.52. The molecule has 160 valence electrons. The second kappa shape index (κ2) is 9.02. The normalized spacial score (nSPS) is 11.3. The largest absolute Gasteiger partial charge is 0.467 e. The number of fused-ring (bicyclic) bond motifs is 3. The molecule has 0 unspecified atom stereocenters. The number of hydrogen-bond acceptors (Lipinski definition) is 6. The Bertz CT molecular complexity index is 1400. The number of nitrogens with one attached hydrogen (secondary N) is 1. The lowest BCUT2D eigenvalue weighted by atomic mass is 10.2. The maximum Gasteiger partial charge on any atom is 0.230 e. The summed E-state index contributed by atoms with van der Waals surface area (Å²) in [5, 5.41) is 13.6. The number of para-hydroxylation sites is 1. The van der Waals surface area contributed by atoms with Crippen molar-refractivity contribution < 1.29 is 9.21 Å². The van der Waals surface area contributed by atoms with Crippen LogP contribution in [0.15, 0.2) is 76.5 Å². The predicted molar refractivity (Wildman–Crippen MR) is 125 cm³/mol. The van der Waals surface area contributed by atoms with E-state index in [-0.39, 0.29) is 11.7 Å². The number of furan rings is 1. The molecule has 3 heterocycles. The predicted octanol–water partition coefficient (Wildman–Crippen LogP) is 4.68. The van der Waals surface area contributed by atoms with E-state index in [1.807, 2.05) is 54.6 Å². The standard InChI is InChI=1S/C23H18ClN5O2S/c24-16-6-3-5-15(11-16)13-29-19-9-2-1-8-18(19)21-22(29)26-23(28-27-21)32-14-20(30)25-12-17-7-4-10-31-17/h1-11H,12-14H2,(H,25,30). The second-order valence-electron chi connectivity index (χ2n) is 7.14. The van der Waals surface area contributed by atoms with Crippen molar-refractivity contribution in [1.82, 2.24) is 25.1 Å². The Morgan fingerprint density at radius 1 is 1.09 bits per heavy atom. The quantitative estimate of drug-likeness (QED) is 0.352. The van der Waals surface area contributed by atoms with Crippen molar-refractivity contribution in [1.29, 1.82) is 0 Å². The van der Waals surface area contributed by atoms with E-state index < -0.39 is 0 Å². The lowest BCUT2D eigenvalue weighted by Crippen LogP contribution is -2.24. The number of carbonyl (C=O) groups is 1. The molecule has 3 aromatic heterocycles. The smallest absolute Gasteiger partial charge is 0.230 e. The highest BCUT2D eigenvalue weighted by Gasteiger charge is 2.16. The summed E-state index contributed by atoms with van der Waals surface area (Å²) < 4.78 is 7.33. The number of nitrogens with zero attached hydrogens (tertiary/aromatic N) is 4. The monoisotopic (exact) mass is 463 g/mol. The number of amides is 1. The molecule has 0 spiro atoms. The molecule has 0 atom stereocenters. The molecule has 0 fully saturated rings. The highest BCUT2D eigenvalue weighted by Crippen LogP contribution is 2.28. The Labute approximate surface area is 192 Å². The number of aromatic nitrogens is 4. The average Bonchev–Trinajstić information content (AvgIpc) is 3.43. The zero-order valence-electron chi connectivity index (χ0n) is 16.9. The summed E-state index contributed by atoms with van der Waals surface area (Å²) in [6, 6.07) is 19.4. The van der Waals surface area contributed by atoms with E-state index in [0.717, 1.165) is 27.6 Å². The van der Waals surface area contributed by atoms with Gasteiger partial charge in [0, 0.05) is 17.0 Å². The Balaban J connectivity index is 1.40. The van der Waals surface area contributed by atoms with Crippen molar-refractivity contribution in [3.8, 4) is 0 Å². The fraction of sp³-hybridized carbons (Fsp3) is 0.130. The average molecular weight is 464 g/mol. The van der Waals surface area contributed by atoms with Gasteiger partial charge in [-0.05, 0) is 35.9 Å². The van der Waals surface area contributed by atoms with Crippen LogP contribution in [0.25, 0.3) is 22.1 Å². The van der Waals surface area contributed by atoms with Crippen LogP contribution in [0, 0.1) is 0 Å². The first-order valence-electron chi connectivity index (χ1n) is 9.95. The van der Waals surface area contributed by atoms with Gasteiger partial charge in [0.2, 0.25) is 11.1 Å². The van der Waals surface area contributed by atoms with Crippen LogP contribution in [0.1, 0.15) is 11.3 Å². The first kappa shape index (κ1) is 20.5. The number of benzene rings is 2. The van der Waals surface area contributed by atoms with Gasteiger partial charge in [0.05, 0.1) is 24.1 Å². The van der Waals surface area contributed by atoms with Gasteiger partial charge in [-0.1, -0.05) is 53.7 Å². The van der Waals surface area contributed by atoms with Crippen LogP contribution >= 0.6 is 23.4 Å². The molecule has 5 rings (SSSR count). The first-order chi connectivity index (χ1) is 15.7. The lowest BCUT2D eigenvalue weighted by Gasteiger charge is -2.08. The van der Waals surface area contributed by atoms with Crippen molar-refractivity contribution in [2.24, 2.45) is 0 Å². The molecule has 2 aromatic carbocycles. The summed E-state index contributed by atoms with van der Waals surface area (Å²) in [6.07, 6.45) is 1.58. The molecule has 0 saturated carbocycles. The van der Waals surface area contributed by atoms with E-state index in [9.17, 15) is 4.79 Å². The molecule has 7 nitrogen and oxygen atoms in total. The third-order valence-electron chi connectivity index (χ3n) is 4.96. The molecule has 0 bridgehead atoms. The van der Waals surface area contributed by atoms with Crippen LogP contribution in [0.4, 0.5) is 0 Å². The van der Waals surface area contributed by atoms with E-state index >= 15 is 0 Å². The van der Waals surface area contributed by atoms with Gasteiger partial charge >= 0.3 is 0 Å². The van der Waals surface area contributed by atoms with E-state index in [0.29, 0.717) is 29.0 Å². The van der Waals surface area contributed by atoms with E-state index in [2.05, 4.69) is 20.1 Å². The fourth-order valence-electron chi connectivity index (χ4n) is 3.51. The molecule has 9 heteroatoms. The summed E-state index contributed by atoms with van der Waals surface area (Å²) >= 11 is 7.43. The summed E-state index contributed by atoms with van der Waals surface area (Å²) in [6.45, 7) is 0.940. The van der Waals surface area contributed by atoms with Gasteiger partial charge in [0.25, 0.3) is 0 Å². The summed E-state index contributed by atoms with van der Waals surface area (Å²) in [7, 11) is 0. The minimum absolute atomic E-state index is 0.130. The lowest BCUT2D eigenvalue weighted by molar-refractivity contribution is -0.118. The summed E-state index contributed by atoms with van der Waals surface area (Å²) in [5.41, 5.74) is 3.53. The molecule has 0 aliphatic rings. The van der Waals surface area contributed by atoms with Gasteiger partial charge in [-0.25, -0.2) is 4.98 Å². The Morgan fingerprint density at radius 3 is 2.84 bits per heavy atom. The van der Waals surface area contributed by atoms with Gasteiger partial charge in [0.15, 0.2) is 5.65 Å². The molecule has 32 heavy (non-hydrogen) atoms. The highest BCUT2D eigenvalue weighted by atomic mass is 35.5. The van der Waals surface area contributed by atoms with Crippen molar-refractivity contribution in [3.05, 3.63) is 83.3 Å². The van der Waals surface area contributed by atoms with E-state index in [1.54, 1.807) is 12.3 Å². The molecular formula is C23H18ClN5O2S. The molecule has 0 aliphatic heterocycles. The summed E-state index contributed by atoms with van der Waals surface area (Å²) in [4.78, 5) is 16.9. The summed E-state index contributed by atoms with van der Waals surface area (Å²) in [5.74, 6) is 0.755. The van der Waals surface area contributed by atoms with Crippen LogP contribution in [-0.4, -0.2) is 31.4 Å². The van der Waals surface area contributed by atoms with Crippen molar-refractivity contribution >= 4 is 51.3 Å². The maximum absolute atomic E-state index is 12.2. The van der Waals surface area contributed by atoms with Crippen LogP contribution in [0.3, 0.4) is 0 Å². The molecule has 0 radical (unpaired) electrons. The molecule has 1 amide bonds. The maximum atomic E-state index is 12.2.